The standard InChI is InChI=1S/C29H30N6O6.CH4O3S/c1-5-8-23-30-25(29(3,4)38)24(27(36)39-16-22-17(2)40-28(37)41-22)35(23)15-18-11-13-19(14-12-18)20-9-6-7-10-21(20)26-31-33-34-32-26;1-5(2,3)4/h6-7,9-14,38H,5,8,15-16H2,1-4H3,(H,31,32,33,34);1H3,(H,2,3,4). The first-order chi connectivity index (χ1) is 21.7. The first-order valence-corrected chi connectivity index (χ1v) is 15.9. The third-order valence-electron chi connectivity index (χ3n) is 6.58. The van der Waals surface area contributed by atoms with Gasteiger partial charge in [-0.05, 0) is 49.1 Å². The Labute approximate surface area is 264 Å². The molecule has 0 spiro atoms. The fraction of sp³-hybridized carbons (Fsp3) is 0.333. The molecule has 0 aliphatic rings. The maximum atomic E-state index is 13.5. The summed E-state index contributed by atoms with van der Waals surface area (Å²) in [7, 11) is -3.67. The fourth-order valence-corrected chi connectivity index (χ4v) is 4.60. The van der Waals surface area contributed by atoms with Crippen LogP contribution in [0, 0.1) is 6.92 Å². The van der Waals surface area contributed by atoms with Crippen LogP contribution in [0.5, 0.6) is 0 Å². The largest absolute Gasteiger partial charge is 0.519 e. The molecule has 0 unspecified atom stereocenters. The lowest BCUT2D eigenvalue weighted by Crippen LogP contribution is -2.23. The molecule has 244 valence electrons. The number of nitrogens with one attached hydrogen (secondary N) is 1. The molecule has 0 fully saturated rings. The Balaban J connectivity index is 0.000000892. The van der Waals surface area contributed by atoms with E-state index in [4.69, 9.17) is 18.1 Å². The lowest BCUT2D eigenvalue weighted by Gasteiger charge is -2.17. The highest BCUT2D eigenvalue weighted by atomic mass is 32.2. The van der Waals surface area contributed by atoms with Gasteiger partial charge in [-0.1, -0.05) is 55.5 Å². The predicted octanol–water partition coefficient (Wildman–Crippen LogP) is 3.67. The van der Waals surface area contributed by atoms with Crippen molar-refractivity contribution in [3.63, 3.8) is 0 Å². The second kappa shape index (κ2) is 14.0. The van der Waals surface area contributed by atoms with Crippen molar-refractivity contribution < 1.29 is 36.4 Å². The van der Waals surface area contributed by atoms with E-state index in [0.29, 0.717) is 30.9 Å². The molecule has 0 saturated carbocycles. The van der Waals surface area contributed by atoms with E-state index in [9.17, 15) is 23.1 Å². The van der Waals surface area contributed by atoms with Gasteiger partial charge in [0, 0.05) is 18.5 Å². The minimum Gasteiger partial charge on any atom is -0.453 e. The molecule has 0 radical (unpaired) electrons. The zero-order valence-electron chi connectivity index (χ0n) is 25.8. The number of tetrazole rings is 1. The minimum absolute atomic E-state index is 0.115. The Morgan fingerprint density at radius 1 is 1.09 bits per heavy atom. The number of rotatable bonds is 10. The summed E-state index contributed by atoms with van der Waals surface area (Å²) in [6, 6.07) is 15.7. The number of aromatic nitrogens is 6. The summed E-state index contributed by atoms with van der Waals surface area (Å²) in [6.07, 6.45) is 2.08. The van der Waals surface area contributed by atoms with Crippen molar-refractivity contribution in [2.24, 2.45) is 0 Å². The van der Waals surface area contributed by atoms with Crippen LogP contribution in [-0.2, 0) is 40.0 Å². The molecule has 3 aromatic heterocycles. The molecular formula is C30H34N6O9S. The normalized spacial score (nSPS) is 11.6. The van der Waals surface area contributed by atoms with Crippen molar-refractivity contribution in [3.8, 4) is 22.5 Å². The molecule has 3 heterocycles. The second-order valence-electron chi connectivity index (χ2n) is 10.8. The van der Waals surface area contributed by atoms with Gasteiger partial charge in [0.05, 0.1) is 6.26 Å². The third kappa shape index (κ3) is 8.62. The van der Waals surface area contributed by atoms with Crippen molar-refractivity contribution in [2.75, 3.05) is 6.26 Å². The average Bonchev–Trinajstić information content (AvgIpc) is 3.71. The van der Waals surface area contributed by atoms with Gasteiger partial charge in [0.2, 0.25) is 5.82 Å². The Bertz CT molecular complexity index is 1940. The van der Waals surface area contributed by atoms with Gasteiger partial charge < -0.3 is 23.2 Å². The summed E-state index contributed by atoms with van der Waals surface area (Å²) in [5.74, 6) is -0.0831. The Morgan fingerprint density at radius 3 is 2.28 bits per heavy atom. The fourth-order valence-electron chi connectivity index (χ4n) is 4.60. The summed E-state index contributed by atoms with van der Waals surface area (Å²) in [4.78, 5) is 29.5. The number of imidazole rings is 1. The number of esters is 1. The van der Waals surface area contributed by atoms with Gasteiger partial charge in [-0.15, -0.1) is 10.2 Å². The molecule has 0 bridgehead atoms. The first kappa shape index (κ1) is 34.0. The van der Waals surface area contributed by atoms with E-state index < -0.39 is 27.5 Å². The maximum absolute atomic E-state index is 13.5. The average molecular weight is 655 g/mol. The highest BCUT2D eigenvalue weighted by Gasteiger charge is 2.33. The number of benzene rings is 2. The van der Waals surface area contributed by atoms with Crippen LogP contribution in [0.15, 0.2) is 62.2 Å². The van der Waals surface area contributed by atoms with Crippen LogP contribution in [0.25, 0.3) is 22.5 Å². The zero-order valence-corrected chi connectivity index (χ0v) is 26.7. The Morgan fingerprint density at radius 2 is 1.74 bits per heavy atom. The Hall–Kier alpha value is -4.93. The number of carbonyl (C=O) groups is 1. The van der Waals surface area contributed by atoms with E-state index in [1.807, 2.05) is 55.5 Å². The van der Waals surface area contributed by atoms with Gasteiger partial charge in [-0.25, -0.2) is 14.6 Å². The Kier molecular flexibility index (Phi) is 10.3. The number of carbonyl (C=O) groups excluding carboxylic acids is 1. The van der Waals surface area contributed by atoms with E-state index in [2.05, 4.69) is 25.6 Å². The first-order valence-electron chi connectivity index (χ1n) is 14.1. The van der Waals surface area contributed by atoms with Crippen molar-refractivity contribution in [1.29, 1.82) is 0 Å². The van der Waals surface area contributed by atoms with Crippen LogP contribution in [0.4, 0.5) is 0 Å². The molecular weight excluding hydrogens is 620 g/mol. The van der Waals surface area contributed by atoms with Gasteiger partial charge >= 0.3 is 11.8 Å². The van der Waals surface area contributed by atoms with E-state index in [0.717, 1.165) is 28.7 Å². The molecule has 5 aromatic rings. The molecule has 0 atom stereocenters. The van der Waals surface area contributed by atoms with Gasteiger partial charge in [0.25, 0.3) is 10.1 Å². The van der Waals surface area contributed by atoms with Gasteiger partial charge in [0.1, 0.15) is 17.1 Å². The zero-order chi connectivity index (χ0) is 33.6. The lowest BCUT2D eigenvalue weighted by atomic mass is 9.98. The number of aliphatic hydroxyl groups is 1. The van der Waals surface area contributed by atoms with E-state index in [-0.39, 0.29) is 29.5 Å². The van der Waals surface area contributed by atoms with Crippen LogP contribution in [0.2, 0.25) is 0 Å². The maximum Gasteiger partial charge on any atom is 0.519 e. The second-order valence-corrected chi connectivity index (χ2v) is 12.3. The van der Waals surface area contributed by atoms with Crippen molar-refractivity contribution in [2.45, 2.75) is 59.3 Å². The monoisotopic (exact) mass is 654 g/mol. The summed E-state index contributed by atoms with van der Waals surface area (Å²) in [5.41, 5.74) is 2.60. The number of hydrogen-bond donors (Lipinski definition) is 3. The molecule has 15 nitrogen and oxygen atoms in total. The van der Waals surface area contributed by atoms with E-state index in [1.54, 1.807) is 25.3 Å². The van der Waals surface area contributed by atoms with Crippen LogP contribution < -0.4 is 5.82 Å². The summed E-state index contributed by atoms with van der Waals surface area (Å²) in [5, 5.41) is 25.3. The topological polar surface area (TPSA) is 217 Å². The highest BCUT2D eigenvalue weighted by molar-refractivity contribution is 7.85. The number of nitrogens with zero attached hydrogens (tertiary/aromatic N) is 5. The van der Waals surface area contributed by atoms with Crippen molar-refractivity contribution in [3.05, 3.63) is 93.4 Å². The third-order valence-corrected chi connectivity index (χ3v) is 6.58. The highest BCUT2D eigenvalue weighted by Crippen LogP contribution is 2.31. The number of aryl methyl sites for hydroxylation is 2. The van der Waals surface area contributed by atoms with Gasteiger partial charge in [-0.3, -0.25) is 4.55 Å². The quantitative estimate of drug-likeness (QED) is 0.145. The molecule has 5 rings (SSSR count). The molecule has 3 N–H and O–H groups in total. The number of hydrogen-bond acceptors (Lipinski definition) is 12. The smallest absolute Gasteiger partial charge is 0.453 e. The molecule has 0 amide bonds. The molecule has 2 aromatic carbocycles. The number of ether oxygens (including phenoxy) is 1. The van der Waals surface area contributed by atoms with Crippen molar-refractivity contribution >= 4 is 16.1 Å². The van der Waals surface area contributed by atoms with E-state index >= 15 is 0 Å². The molecule has 16 heteroatoms. The molecule has 46 heavy (non-hydrogen) atoms. The number of aromatic amines is 1. The molecule has 0 aliphatic heterocycles. The summed E-state index contributed by atoms with van der Waals surface area (Å²) >= 11 is 0. The van der Waals surface area contributed by atoms with Crippen LogP contribution in [0.1, 0.15) is 66.3 Å². The van der Waals surface area contributed by atoms with Gasteiger partial charge in [-0.2, -0.15) is 13.6 Å². The summed E-state index contributed by atoms with van der Waals surface area (Å²) < 4.78 is 43.0. The minimum atomic E-state index is -3.67. The molecule has 0 aliphatic carbocycles. The van der Waals surface area contributed by atoms with E-state index in [1.165, 1.54) is 0 Å². The predicted molar refractivity (Wildman–Crippen MR) is 164 cm³/mol. The van der Waals surface area contributed by atoms with Crippen LogP contribution >= 0.6 is 0 Å². The molecule has 0 saturated heterocycles. The number of H-pyrrole nitrogens is 1. The lowest BCUT2D eigenvalue weighted by molar-refractivity contribution is 0.0395. The summed E-state index contributed by atoms with van der Waals surface area (Å²) in [6.45, 7) is 6.72. The van der Waals surface area contributed by atoms with Crippen molar-refractivity contribution in [1.82, 2.24) is 30.2 Å². The van der Waals surface area contributed by atoms with Crippen LogP contribution in [0.3, 0.4) is 0 Å². The van der Waals surface area contributed by atoms with Gasteiger partial charge in [0.15, 0.2) is 23.8 Å². The van der Waals surface area contributed by atoms with Crippen LogP contribution in [-0.4, -0.2) is 60.5 Å². The SMILES string of the molecule is CCCc1nc(C(C)(C)O)c(C(=O)OCc2oc(=O)oc2C)n1Cc1ccc(-c2ccccc2-c2nn[nH]n2)cc1.CS(=O)(=O)O.